The monoisotopic (exact) mass is 318 g/mol. The zero-order valence-corrected chi connectivity index (χ0v) is 14.0. The first-order valence-corrected chi connectivity index (χ1v) is 7.60. The van der Waals surface area contributed by atoms with E-state index >= 15 is 0 Å². The summed E-state index contributed by atoms with van der Waals surface area (Å²) in [6, 6.07) is 0. The number of carbonyl (C=O) groups is 2. The van der Waals surface area contributed by atoms with Crippen molar-refractivity contribution >= 4 is 11.9 Å². The number of methoxy groups -OCH3 is 1. The first kappa shape index (κ1) is 17.1. The Morgan fingerprint density at radius 1 is 1.30 bits per heavy atom. The molecule has 1 aliphatic heterocycles. The number of ether oxygens (including phenoxy) is 2. The van der Waals surface area contributed by atoms with Crippen LogP contribution in [0, 0.1) is 13.8 Å². The van der Waals surface area contributed by atoms with Crippen LogP contribution in [0.1, 0.15) is 52.4 Å². The Morgan fingerprint density at radius 3 is 2.61 bits per heavy atom. The summed E-state index contributed by atoms with van der Waals surface area (Å²) in [7, 11) is 1.62. The predicted molar refractivity (Wildman–Crippen MR) is 85.9 cm³/mol. The number of esters is 1. The van der Waals surface area contributed by atoms with Gasteiger partial charge in [0, 0.05) is 17.5 Å². The Morgan fingerprint density at radius 2 is 2.00 bits per heavy atom. The number of hydrogen-bond acceptors (Lipinski definition) is 4. The molecule has 1 N–H and O–H groups in total. The van der Waals surface area contributed by atoms with Crippen LogP contribution in [0.4, 0.5) is 0 Å². The Bertz CT molecular complexity index is 685. The van der Waals surface area contributed by atoms with Crippen molar-refractivity contribution in [1.29, 1.82) is 0 Å². The molecule has 0 aliphatic carbocycles. The Labute approximate surface area is 135 Å². The molecule has 1 heterocycles. The maximum absolute atomic E-state index is 12.0. The van der Waals surface area contributed by atoms with E-state index in [0.717, 1.165) is 33.6 Å². The molecule has 0 unspecified atom stereocenters. The third-order valence-electron chi connectivity index (χ3n) is 4.34. The first-order chi connectivity index (χ1) is 10.9. The molecule has 0 aromatic heterocycles. The van der Waals surface area contributed by atoms with Gasteiger partial charge in [-0.25, -0.2) is 4.79 Å². The van der Waals surface area contributed by atoms with Gasteiger partial charge >= 0.3 is 11.9 Å². The molecule has 5 heteroatoms. The average molecular weight is 318 g/mol. The predicted octanol–water partition coefficient (Wildman–Crippen LogP) is 3.34. The number of allylic oxidation sites excluding steroid dienone is 2. The third-order valence-corrected chi connectivity index (χ3v) is 4.34. The summed E-state index contributed by atoms with van der Waals surface area (Å²) in [5, 5.41) is 8.75. The van der Waals surface area contributed by atoms with Crippen LogP contribution in [0.3, 0.4) is 0 Å². The number of aliphatic carboxylic acids is 1. The Hall–Kier alpha value is -2.30. The third kappa shape index (κ3) is 3.38. The summed E-state index contributed by atoms with van der Waals surface area (Å²) < 4.78 is 10.7. The second-order valence-corrected chi connectivity index (χ2v) is 5.84. The lowest BCUT2D eigenvalue weighted by Crippen LogP contribution is -2.06. The van der Waals surface area contributed by atoms with Gasteiger partial charge in [-0.3, -0.25) is 4.79 Å². The summed E-state index contributed by atoms with van der Waals surface area (Å²) in [6.07, 6.45) is 3.23. The molecule has 0 saturated heterocycles. The number of fused-ring (bicyclic) bond motifs is 1. The van der Waals surface area contributed by atoms with Gasteiger partial charge in [-0.2, -0.15) is 0 Å². The quantitative estimate of drug-likeness (QED) is 0.643. The molecule has 23 heavy (non-hydrogen) atoms. The SMILES string of the molecule is COc1c(C)c2c(c(C)c1C/C=C(\C)CCC(=O)O)C(=O)OC2. The van der Waals surface area contributed by atoms with Crippen molar-refractivity contribution in [2.24, 2.45) is 0 Å². The van der Waals surface area contributed by atoms with Crippen LogP contribution >= 0.6 is 0 Å². The molecule has 2 rings (SSSR count). The molecular weight excluding hydrogens is 296 g/mol. The number of carboxylic acids is 1. The summed E-state index contributed by atoms with van der Waals surface area (Å²) in [4.78, 5) is 22.6. The van der Waals surface area contributed by atoms with E-state index in [4.69, 9.17) is 14.6 Å². The number of hydrogen-bond donors (Lipinski definition) is 1. The highest BCUT2D eigenvalue weighted by atomic mass is 16.5. The molecule has 0 amide bonds. The van der Waals surface area contributed by atoms with Crippen molar-refractivity contribution in [3.63, 3.8) is 0 Å². The van der Waals surface area contributed by atoms with Crippen LogP contribution in [0.25, 0.3) is 0 Å². The molecule has 0 atom stereocenters. The lowest BCUT2D eigenvalue weighted by atomic mass is 9.91. The van der Waals surface area contributed by atoms with Gasteiger partial charge in [-0.05, 0) is 44.7 Å². The number of benzene rings is 1. The summed E-state index contributed by atoms with van der Waals surface area (Å²) >= 11 is 0. The molecule has 0 radical (unpaired) electrons. The van der Waals surface area contributed by atoms with Crippen LogP contribution in [0.15, 0.2) is 11.6 Å². The van der Waals surface area contributed by atoms with Crippen molar-refractivity contribution in [2.75, 3.05) is 7.11 Å². The largest absolute Gasteiger partial charge is 0.496 e. The highest BCUT2D eigenvalue weighted by Crippen LogP contribution is 2.37. The fourth-order valence-electron chi connectivity index (χ4n) is 2.97. The molecular formula is C18H22O5. The van der Waals surface area contributed by atoms with Gasteiger partial charge in [0.2, 0.25) is 0 Å². The number of rotatable bonds is 6. The molecule has 1 aromatic rings. The minimum Gasteiger partial charge on any atom is -0.496 e. The van der Waals surface area contributed by atoms with Gasteiger partial charge in [-0.15, -0.1) is 0 Å². The fourth-order valence-corrected chi connectivity index (χ4v) is 2.97. The van der Waals surface area contributed by atoms with Crippen LogP contribution in [-0.2, 0) is 22.6 Å². The van der Waals surface area contributed by atoms with E-state index < -0.39 is 5.97 Å². The van der Waals surface area contributed by atoms with Crippen molar-refractivity contribution in [3.8, 4) is 5.75 Å². The van der Waals surface area contributed by atoms with E-state index in [9.17, 15) is 9.59 Å². The second kappa shape index (κ2) is 6.86. The van der Waals surface area contributed by atoms with Crippen LogP contribution in [0.5, 0.6) is 5.75 Å². The lowest BCUT2D eigenvalue weighted by Gasteiger charge is -2.17. The molecule has 1 aliphatic rings. The minimum absolute atomic E-state index is 0.119. The number of carboxylic acid groups (broad SMARTS) is 1. The van der Waals surface area contributed by atoms with Crippen molar-refractivity contribution < 1.29 is 24.2 Å². The van der Waals surface area contributed by atoms with E-state index in [-0.39, 0.29) is 12.4 Å². The molecule has 124 valence electrons. The summed E-state index contributed by atoms with van der Waals surface area (Å²) in [6.45, 7) is 6.05. The van der Waals surface area contributed by atoms with Crippen LogP contribution in [-0.4, -0.2) is 24.2 Å². The number of cyclic esters (lactones) is 1. The Kier molecular flexibility index (Phi) is 5.08. The zero-order valence-electron chi connectivity index (χ0n) is 14.0. The maximum atomic E-state index is 12.0. The topological polar surface area (TPSA) is 72.8 Å². The first-order valence-electron chi connectivity index (χ1n) is 7.60. The summed E-state index contributed by atoms with van der Waals surface area (Å²) in [5.74, 6) is -0.305. The van der Waals surface area contributed by atoms with Gasteiger partial charge < -0.3 is 14.6 Å². The average Bonchev–Trinajstić information content (AvgIpc) is 2.89. The lowest BCUT2D eigenvalue weighted by molar-refractivity contribution is -0.136. The smallest absolute Gasteiger partial charge is 0.339 e. The highest BCUT2D eigenvalue weighted by molar-refractivity contribution is 5.96. The second-order valence-electron chi connectivity index (χ2n) is 5.84. The van der Waals surface area contributed by atoms with E-state index in [0.29, 0.717) is 25.0 Å². The van der Waals surface area contributed by atoms with Crippen LogP contribution in [0.2, 0.25) is 0 Å². The van der Waals surface area contributed by atoms with Crippen molar-refractivity contribution in [2.45, 2.75) is 46.6 Å². The van der Waals surface area contributed by atoms with Gasteiger partial charge in [0.05, 0.1) is 12.7 Å². The van der Waals surface area contributed by atoms with Gasteiger partial charge in [0.25, 0.3) is 0 Å². The van der Waals surface area contributed by atoms with E-state index in [1.165, 1.54) is 0 Å². The van der Waals surface area contributed by atoms with Gasteiger partial charge in [0.15, 0.2) is 0 Å². The number of carbonyl (C=O) groups excluding carboxylic acids is 1. The van der Waals surface area contributed by atoms with Gasteiger partial charge in [-0.1, -0.05) is 11.6 Å². The normalized spacial score (nSPS) is 13.7. The standard InChI is InChI=1S/C18H22O5/c1-10(6-8-15(19)20)5-7-13-11(2)16-14(9-23-18(16)21)12(3)17(13)22-4/h5H,6-9H2,1-4H3,(H,19,20)/b10-5+. The van der Waals surface area contributed by atoms with E-state index in [2.05, 4.69) is 0 Å². The maximum Gasteiger partial charge on any atom is 0.339 e. The fraction of sp³-hybridized carbons (Fsp3) is 0.444. The van der Waals surface area contributed by atoms with Gasteiger partial charge in [0.1, 0.15) is 12.4 Å². The Balaban J connectivity index is 2.37. The summed E-state index contributed by atoms with van der Waals surface area (Å²) in [5.41, 5.74) is 5.33. The zero-order chi connectivity index (χ0) is 17.1. The van der Waals surface area contributed by atoms with Crippen molar-refractivity contribution in [3.05, 3.63) is 39.5 Å². The van der Waals surface area contributed by atoms with E-state index in [1.54, 1.807) is 7.11 Å². The molecule has 0 spiro atoms. The molecule has 0 bridgehead atoms. The molecule has 5 nitrogen and oxygen atoms in total. The van der Waals surface area contributed by atoms with Crippen molar-refractivity contribution in [1.82, 2.24) is 0 Å². The molecule has 0 fully saturated rings. The molecule has 0 saturated carbocycles. The van der Waals surface area contributed by atoms with E-state index in [1.807, 2.05) is 26.8 Å². The highest BCUT2D eigenvalue weighted by Gasteiger charge is 2.29. The minimum atomic E-state index is -0.803. The van der Waals surface area contributed by atoms with Crippen LogP contribution < -0.4 is 4.74 Å². The molecule has 1 aromatic carbocycles.